The second kappa shape index (κ2) is 7.03. The van der Waals surface area contributed by atoms with Gasteiger partial charge < -0.3 is 18.5 Å². The molecule has 0 unspecified atom stereocenters. The van der Waals surface area contributed by atoms with Crippen LogP contribution in [0.1, 0.15) is 23.1 Å². The first-order valence-corrected chi connectivity index (χ1v) is 6.51. The van der Waals surface area contributed by atoms with Gasteiger partial charge in [-0.1, -0.05) is 0 Å². The fraction of sp³-hybridized carbons (Fsp3) is 0.429. The fourth-order valence-corrected chi connectivity index (χ4v) is 1.59. The molecule has 0 aliphatic heterocycles. The van der Waals surface area contributed by atoms with Crippen molar-refractivity contribution in [3.8, 4) is 0 Å². The van der Waals surface area contributed by atoms with E-state index in [9.17, 15) is 4.39 Å². The Balaban J connectivity index is 2.01. The first-order valence-electron chi connectivity index (χ1n) is 6.51. The fourth-order valence-electron chi connectivity index (χ4n) is 1.59. The number of halogens is 1. The Hall–Kier alpha value is -2.15. The van der Waals surface area contributed by atoms with Crippen molar-refractivity contribution in [1.29, 1.82) is 0 Å². The third kappa shape index (κ3) is 4.16. The molecule has 2 rings (SSSR count). The van der Waals surface area contributed by atoms with Crippen LogP contribution < -0.4 is 4.90 Å². The summed E-state index contributed by atoms with van der Waals surface area (Å²) in [5.41, 5.74) is 0.722. The maximum atomic E-state index is 12.0. The van der Waals surface area contributed by atoms with Crippen LogP contribution in [0, 0.1) is 6.92 Å². The van der Waals surface area contributed by atoms with Crippen LogP contribution in [0.15, 0.2) is 15.0 Å². The van der Waals surface area contributed by atoms with Crippen molar-refractivity contribution >= 4 is 18.2 Å². The minimum absolute atomic E-state index is 0.0523. The summed E-state index contributed by atoms with van der Waals surface area (Å²) in [5.74, 6) is 1.63. The van der Waals surface area contributed by atoms with Gasteiger partial charge in [0.25, 0.3) is 6.01 Å². The van der Waals surface area contributed by atoms with Crippen LogP contribution in [0.2, 0.25) is 0 Å². The number of ether oxygens (including phenoxy) is 1. The Morgan fingerprint density at radius 2 is 2.14 bits per heavy atom. The molecule has 0 spiro atoms. The normalized spacial score (nSPS) is 11.4. The molecule has 0 aliphatic carbocycles. The first-order chi connectivity index (χ1) is 10.1. The van der Waals surface area contributed by atoms with Crippen LogP contribution in [0.4, 0.5) is 10.4 Å². The van der Waals surface area contributed by atoms with Crippen molar-refractivity contribution < 1.29 is 18.0 Å². The summed E-state index contributed by atoms with van der Waals surface area (Å²) in [6, 6.07) is 0.526. The average Bonchev–Trinajstić information content (AvgIpc) is 3.04. The van der Waals surface area contributed by atoms with Crippen LogP contribution in [-0.4, -0.2) is 37.3 Å². The third-order valence-corrected chi connectivity index (χ3v) is 2.65. The molecule has 0 atom stereocenters. The summed E-state index contributed by atoms with van der Waals surface area (Å²) in [6.45, 7) is 1.56. The van der Waals surface area contributed by atoms with Gasteiger partial charge in [0.15, 0.2) is 5.76 Å². The summed E-state index contributed by atoms with van der Waals surface area (Å²) in [6.07, 6.45) is 5.02. The third-order valence-electron chi connectivity index (χ3n) is 2.65. The lowest BCUT2D eigenvalue weighted by atomic mass is 10.4. The monoisotopic (exact) mass is 295 g/mol. The van der Waals surface area contributed by atoms with Crippen LogP contribution in [0.3, 0.4) is 0 Å². The Morgan fingerprint density at radius 3 is 2.81 bits per heavy atom. The molecule has 114 valence electrons. The number of nitrogens with zero attached hydrogens (tertiary/aromatic N) is 3. The van der Waals surface area contributed by atoms with Crippen molar-refractivity contribution in [3.63, 3.8) is 0 Å². The molecule has 2 aromatic rings. The quantitative estimate of drug-likeness (QED) is 0.732. The molecule has 2 heterocycles. The molecule has 0 N–H and O–H groups in total. The smallest absolute Gasteiger partial charge is 0.297 e. The molecular formula is C14H18FN3O3. The van der Waals surface area contributed by atoms with Crippen molar-refractivity contribution in [2.75, 3.05) is 32.3 Å². The highest BCUT2D eigenvalue weighted by Gasteiger charge is 2.08. The van der Waals surface area contributed by atoms with Crippen LogP contribution in [0.5, 0.6) is 0 Å². The van der Waals surface area contributed by atoms with Crippen LogP contribution in [-0.2, 0) is 11.3 Å². The molecule has 0 aromatic carbocycles. The molecule has 0 fully saturated rings. The molecule has 0 saturated heterocycles. The summed E-state index contributed by atoms with van der Waals surface area (Å²) in [7, 11) is 3.70. The van der Waals surface area contributed by atoms with Gasteiger partial charge in [-0.05, 0) is 13.0 Å². The molecule has 21 heavy (non-hydrogen) atoms. The zero-order valence-corrected chi connectivity index (χ0v) is 12.3. The van der Waals surface area contributed by atoms with Gasteiger partial charge in [-0.25, -0.2) is 14.4 Å². The average molecular weight is 295 g/mol. The highest BCUT2D eigenvalue weighted by molar-refractivity contribution is 5.63. The van der Waals surface area contributed by atoms with Gasteiger partial charge in [-0.3, -0.25) is 0 Å². The number of aromatic nitrogens is 2. The van der Waals surface area contributed by atoms with Gasteiger partial charge in [0, 0.05) is 20.2 Å². The lowest BCUT2D eigenvalue weighted by Crippen LogP contribution is -2.08. The van der Waals surface area contributed by atoms with Gasteiger partial charge >= 0.3 is 0 Å². The Kier molecular flexibility index (Phi) is 5.10. The number of oxazole rings is 2. The molecule has 0 aliphatic rings. The topological polar surface area (TPSA) is 64.5 Å². The molecule has 0 amide bonds. The van der Waals surface area contributed by atoms with E-state index in [-0.39, 0.29) is 13.2 Å². The lowest BCUT2D eigenvalue weighted by molar-refractivity contribution is 0.0929. The molecule has 0 bridgehead atoms. The van der Waals surface area contributed by atoms with Gasteiger partial charge in [-0.2, -0.15) is 0 Å². The van der Waals surface area contributed by atoms with Crippen molar-refractivity contribution in [2.24, 2.45) is 0 Å². The van der Waals surface area contributed by atoms with Gasteiger partial charge in [-0.15, -0.1) is 0 Å². The van der Waals surface area contributed by atoms with E-state index in [0.717, 1.165) is 5.69 Å². The molecule has 0 saturated carbocycles. The van der Waals surface area contributed by atoms with E-state index in [0.29, 0.717) is 23.4 Å². The maximum absolute atomic E-state index is 12.0. The summed E-state index contributed by atoms with van der Waals surface area (Å²) in [5, 5.41) is 0. The van der Waals surface area contributed by atoms with E-state index < -0.39 is 6.67 Å². The Bertz CT molecular complexity index is 604. The van der Waals surface area contributed by atoms with E-state index in [4.69, 9.17) is 13.6 Å². The van der Waals surface area contributed by atoms with Crippen LogP contribution >= 0.6 is 0 Å². The maximum Gasteiger partial charge on any atom is 0.297 e. The van der Waals surface area contributed by atoms with E-state index in [1.807, 2.05) is 21.0 Å². The highest BCUT2D eigenvalue weighted by Crippen LogP contribution is 2.16. The first kappa shape index (κ1) is 15.2. The zero-order valence-electron chi connectivity index (χ0n) is 12.3. The molecular weight excluding hydrogens is 277 g/mol. The highest BCUT2D eigenvalue weighted by atomic mass is 19.1. The van der Waals surface area contributed by atoms with Crippen molar-refractivity contribution in [2.45, 2.75) is 13.5 Å². The van der Waals surface area contributed by atoms with Crippen molar-refractivity contribution in [1.82, 2.24) is 9.97 Å². The minimum Gasteiger partial charge on any atom is -0.439 e. The number of anilines is 1. The number of hydrogen-bond acceptors (Lipinski definition) is 6. The van der Waals surface area contributed by atoms with E-state index in [2.05, 4.69) is 9.97 Å². The number of rotatable bonds is 7. The summed E-state index contributed by atoms with van der Waals surface area (Å²) in [4.78, 5) is 10.1. The standard InChI is InChI=1S/C14H18FN3O3/c1-10-12(9-19-7-6-15)21-13(17-10)5-4-11-8-16-14(20-11)18(2)3/h4-5,8H,6-7,9H2,1-3H3. The minimum atomic E-state index is -0.514. The second-order valence-corrected chi connectivity index (χ2v) is 4.58. The largest absolute Gasteiger partial charge is 0.439 e. The molecule has 7 heteroatoms. The summed E-state index contributed by atoms with van der Waals surface area (Å²) >= 11 is 0. The van der Waals surface area contributed by atoms with Gasteiger partial charge in [0.05, 0.1) is 18.5 Å². The molecule has 6 nitrogen and oxygen atoms in total. The predicted molar refractivity (Wildman–Crippen MR) is 76.6 cm³/mol. The Labute approximate surface area is 122 Å². The van der Waals surface area contributed by atoms with E-state index in [1.54, 1.807) is 23.2 Å². The number of aryl methyl sites for hydroxylation is 1. The second-order valence-electron chi connectivity index (χ2n) is 4.58. The molecule has 2 aromatic heterocycles. The summed E-state index contributed by atoms with van der Waals surface area (Å²) < 4.78 is 28.0. The van der Waals surface area contributed by atoms with Gasteiger partial charge in [0.2, 0.25) is 5.89 Å². The SMILES string of the molecule is Cc1nc(C=Cc2cnc(N(C)C)o2)oc1COCCF. The lowest BCUT2D eigenvalue weighted by Gasteiger charge is -2.03. The number of alkyl halides is 1. The van der Waals surface area contributed by atoms with Crippen molar-refractivity contribution in [3.05, 3.63) is 29.3 Å². The number of hydrogen-bond donors (Lipinski definition) is 0. The van der Waals surface area contributed by atoms with E-state index >= 15 is 0 Å². The molecule has 0 radical (unpaired) electrons. The predicted octanol–water partition coefficient (Wildman–Crippen LogP) is 2.69. The van der Waals surface area contributed by atoms with Crippen LogP contribution in [0.25, 0.3) is 12.2 Å². The van der Waals surface area contributed by atoms with Gasteiger partial charge in [0.1, 0.15) is 19.0 Å². The zero-order chi connectivity index (χ0) is 15.2. The Morgan fingerprint density at radius 1 is 1.33 bits per heavy atom. The van der Waals surface area contributed by atoms with E-state index in [1.165, 1.54) is 0 Å².